The van der Waals surface area contributed by atoms with E-state index in [1.54, 1.807) is 0 Å². The molecule has 1 aromatic carbocycles. The maximum Gasteiger partial charge on any atom is 0.335 e. The molecule has 0 atom stereocenters. The van der Waals surface area contributed by atoms with E-state index < -0.39 is 11.9 Å². The average Bonchev–Trinajstić information content (AvgIpc) is 2.78. The Balaban J connectivity index is 2.44. The second kappa shape index (κ2) is 4.21. The Hall–Kier alpha value is -2.83. The minimum atomic E-state index is -1.06. The summed E-state index contributed by atoms with van der Waals surface area (Å²) in [6.45, 7) is 0. The minimum Gasteiger partial charge on any atom is -0.478 e. The second-order valence-corrected chi connectivity index (χ2v) is 3.62. The lowest BCUT2D eigenvalue weighted by Gasteiger charge is -2.06. The van der Waals surface area contributed by atoms with Gasteiger partial charge < -0.3 is 16.6 Å². The van der Waals surface area contributed by atoms with Gasteiger partial charge in [-0.15, -0.1) is 0 Å². The number of nitrogens with zero attached hydrogens (tertiary/aromatic N) is 2. The molecule has 0 fully saturated rings. The van der Waals surface area contributed by atoms with Gasteiger partial charge >= 0.3 is 5.97 Å². The van der Waals surface area contributed by atoms with Crippen LogP contribution in [0.4, 0.5) is 5.69 Å². The van der Waals surface area contributed by atoms with Gasteiger partial charge in [0.1, 0.15) is 0 Å². The SMILES string of the molecule is NC(=O)c1cnn(-c2ccc(C(=O)O)cc2N)c1. The van der Waals surface area contributed by atoms with Crippen LogP contribution in [0.2, 0.25) is 0 Å². The summed E-state index contributed by atoms with van der Waals surface area (Å²) in [5, 5.41) is 12.7. The molecule has 1 aromatic heterocycles. The van der Waals surface area contributed by atoms with Crippen molar-refractivity contribution in [2.45, 2.75) is 0 Å². The first-order valence-corrected chi connectivity index (χ1v) is 4.96. The zero-order valence-corrected chi connectivity index (χ0v) is 9.20. The maximum absolute atomic E-state index is 10.9. The second-order valence-electron chi connectivity index (χ2n) is 3.62. The van der Waals surface area contributed by atoms with E-state index in [2.05, 4.69) is 5.10 Å². The van der Waals surface area contributed by atoms with Crippen molar-refractivity contribution in [2.24, 2.45) is 5.73 Å². The van der Waals surface area contributed by atoms with Gasteiger partial charge in [-0.1, -0.05) is 0 Å². The van der Waals surface area contributed by atoms with E-state index in [-0.39, 0.29) is 16.8 Å². The number of hydrogen-bond donors (Lipinski definition) is 3. The zero-order chi connectivity index (χ0) is 13.3. The Morgan fingerprint density at radius 2 is 2.00 bits per heavy atom. The number of amides is 1. The van der Waals surface area contributed by atoms with Crippen molar-refractivity contribution in [3.63, 3.8) is 0 Å². The van der Waals surface area contributed by atoms with Gasteiger partial charge in [0.25, 0.3) is 5.91 Å². The number of benzene rings is 1. The minimum absolute atomic E-state index is 0.0820. The number of carboxylic acid groups (broad SMARTS) is 1. The first kappa shape index (κ1) is 11.6. The van der Waals surface area contributed by atoms with E-state index in [0.29, 0.717) is 5.69 Å². The number of carboxylic acids is 1. The van der Waals surface area contributed by atoms with Gasteiger partial charge in [-0.05, 0) is 18.2 Å². The molecule has 7 nitrogen and oxygen atoms in total. The van der Waals surface area contributed by atoms with Gasteiger partial charge in [-0.3, -0.25) is 4.79 Å². The Labute approximate surface area is 102 Å². The standard InChI is InChI=1S/C11H10N4O3/c12-8-3-6(11(17)18)1-2-9(8)15-5-7(4-14-15)10(13)16/h1-5H,12H2,(H2,13,16)(H,17,18). The van der Waals surface area contributed by atoms with Crippen molar-refractivity contribution < 1.29 is 14.7 Å². The normalized spacial score (nSPS) is 10.2. The molecule has 0 saturated heterocycles. The smallest absolute Gasteiger partial charge is 0.335 e. The highest BCUT2D eigenvalue weighted by Gasteiger charge is 2.10. The first-order chi connectivity index (χ1) is 8.49. The fourth-order valence-electron chi connectivity index (χ4n) is 1.48. The fourth-order valence-corrected chi connectivity index (χ4v) is 1.48. The van der Waals surface area contributed by atoms with Gasteiger partial charge in [-0.25, -0.2) is 9.48 Å². The highest BCUT2D eigenvalue weighted by atomic mass is 16.4. The molecule has 1 amide bonds. The first-order valence-electron chi connectivity index (χ1n) is 4.96. The summed E-state index contributed by atoms with van der Waals surface area (Å²) in [4.78, 5) is 21.7. The average molecular weight is 246 g/mol. The van der Waals surface area contributed by atoms with Gasteiger partial charge in [0.15, 0.2) is 0 Å². The lowest BCUT2D eigenvalue weighted by Crippen LogP contribution is -2.09. The Morgan fingerprint density at radius 3 is 2.50 bits per heavy atom. The molecule has 2 aromatic rings. The van der Waals surface area contributed by atoms with Crippen molar-refractivity contribution in [1.82, 2.24) is 9.78 Å². The molecule has 18 heavy (non-hydrogen) atoms. The fraction of sp³-hybridized carbons (Fsp3) is 0. The molecule has 0 radical (unpaired) electrons. The van der Waals surface area contributed by atoms with Crippen LogP contribution in [-0.2, 0) is 0 Å². The van der Waals surface area contributed by atoms with E-state index in [1.807, 2.05) is 0 Å². The van der Waals surface area contributed by atoms with Crippen LogP contribution in [0.1, 0.15) is 20.7 Å². The number of primary amides is 1. The number of nitrogens with two attached hydrogens (primary N) is 2. The number of aromatic nitrogens is 2. The van der Waals surface area contributed by atoms with Crippen LogP contribution < -0.4 is 11.5 Å². The van der Waals surface area contributed by atoms with E-state index in [9.17, 15) is 9.59 Å². The largest absolute Gasteiger partial charge is 0.478 e. The molecule has 0 aliphatic carbocycles. The van der Waals surface area contributed by atoms with Crippen molar-refractivity contribution in [3.8, 4) is 5.69 Å². The highest BCUT2D eigenvalue weighted by molar-refractivity contribution is 5.92. The molecule has 0 unspecified atom stereocenters. The Kier molecular flexibility index (Phi) is 2.72. The Bertz CT molecular complexity index is 633. The van der Waals surface area contributed by atoms with E-state index in [4.69, 9.17) is 16.6 Å². The third-order valence-electron chi connectivity index (χ3n) is 2.39. The number of anilines is 1. The number of rotatable bonds is 3. The molecule has 0 spiro atoms. The summed E-state index contributed by atoms with van der Waals surface area (Å²) < 4.78 is 1.36. The molecular weight excluding hydrogens is 236 g/mol. The third-order valence-corrected chi connectivity index (χ3v) is 2.39. The van der Waals surface area contributed by atoms with Crippen molar-refractivity contribution in [2.75, 3.05) is 5.73 Å². The molecule has 2 rings (SSSR count). The van der Waals surface area contributed by atoms with Crippen LogP contribution in [0.3, 0.4) is 0 Å². The van der Waals surface area contributed by atoms with Crippen LogP contribution in [0.25, 0.3) is 5.69 Å². The summed E-state index contributed by atoms with van der Waals surface area (Å²) in [6.07, 6.45) is 2.74. The van der Waals surface area contributed by atoms with E-state index in [0.717, 1.165) is 0 Å². The van der Waals surface area contributed by atoms with Crippen LogP contribution in [0.15, 0.2) is 30.6 Å². The summed E-state index contributed by atoms with van der Waals surface area (Å²) >= 11 is 0. The van der Waals surface area contributed by atoms with Crippen LogP contribution >= 0.6 is 0 Å². The topological polar surface area (TPSA) is 124 Å². The van der Waals surface area contributed by atoms with Crippen molar-refractivity contribution in [3.05, 3.63) is 41.7 Å². The maximum atomic E-state index is 10.9. The summed E-state index contributed by atoms with van der Waals surface area (Å²) in [5.41, 5.74) is 11.9. The quantitative estimate of drug-likeness (QED) is 0.669. The molecule has 0 bridgehead atoms. The predicted octanol–water partition coefficient (Wildman–Crippen LogP) is 0.252. The lowest BCUT2D eigenvalue weighted by molar-refractivity contribution is 0.0696. The lowest BCUT2D eigenvalue weighted by atomic mass is 10.2. The Morgan fingerprint density at radius 1 is 1.28 bits per heavy atom. The van der Waals surface area contributed by atoms with Crippen LogP contribution in [-0.4, -0.2) is 26.8 Å². The van der Waals surface area contributed by atoms with E-state index in [1.165, 1.54) is 35.3 Å². The molecule has 0 aliphatic heterocycles. The molecule has 5 N–H and O–H groups in total. The van der Waals surface area contributed by atoms with Gasteiger partial charge in [0.2, 0.25) is 0 Å². The van der Waals surface area contributed by atoms with Crippen LogP contribution in [0.5, 0.6) is 0 Å². The van der Waals surface area contributed by atoms with Crippen LogP contribution in [0, 0.1) is 0 Å². The molecule has 0 saturated carbocycles. The molecule has 7 heteroatoms. The monoisotopic (exact) mass is 246 g/mol. The number of hydrogen-bond acceptors (Lipinski definition) is 4. The zero-order valence-electron chi connectivity index (χ0n) is 9.20. The molecule has 1 heterocycles. The molecule has 0 aliphatic rings. The number of carbonyl (C=O) groups excluding carboxylic acids is 1. The predicted molar refractivity (Wildman–Crippen MR) is 63.5 cm³/mol. The summed E-state index contributed by atoms with van der Waals surface area (Å²) in [7, 11) is 0. The summed E-state index contributed by atoms with van der Waals surface area (Å²) in [5.74, 6) is -1.66. The number of carbonyl (C=O) groups is 2. The highest BCUT2D eigenvalue weighted by Crippen LogP contribution is 2.18. The number of aromatic carboxylic acids is 1. The third kappa shape index (κ3) is 2.01. The van der Waals surface area contributed by atoms with Gasteiger partial charge in [-0.2, -0.15) is 5.10 Å². The van der Waals surface area contributed by atoms with E-state index >= 15 is 0 Å². The van der Waals surface area contributed by atoms with Gasteiger partial charge in [0, 0.05) is 6.20 Å². The molecular formula is C11H10N4O3. The molecule has 92 valence electrons. The summed E-state index contributed by atoms with van der Waals surface area (Å²) in [6, 6.07) is 4.24. The van der Waals surface area contributed by atoms with Crippen molar-refractivity contribution >= 4 is 17.6 Å². The van der Waals surface area contributed by atoms with Crippen molar-refractivity contribution in [1.29, 1.82) is 0 Å². The van der Waals surface area contributed by atoms with Gasteiger partial charge in [0.05, 0.1) is 28.7 Å². The number of nitrogen functional groups attached to an aromatic ring is 1.